The lowest BCUT2D eigenvalue weighted by atomic mass is 9.88. The average molecular weight is 441 g/mol. The van der Waals surface area contributed by atoms with Crippen LogP contribution in [0.4, 0.5) is 10.8 Å². The molecule has 1 aromatic heterocycles. The van der Waals surface area contributed by atoms with Crippen molar-refractivity contribution in [3.05, 3.63) is 59.7 Å². The summed E-state index contributed by atoms with van der Waals surface area (Å²) in [6, 6.07) is 16.1. The van der Waals surface area contributed by atoms with Gasteiger partial charge in [-0.1, -0.05) is 53.4 Å². The summed E-state index contributed by atoms with van der Waals surface area (Å²) in [5.41, 5.74) is 3.46. The molecular weight excluding hydrogens is 416 g/mol. The number of amides is 1. The Balaban J connectivity index is 1.35. The van der Waals surface area contributed by atoms with Crippen LogP contribution in [0.15, 0.2) is 52.9 Å². The van der Waals surface area contributed by atoms with Gasteiger partial charge in [0.05, 0.1) is 18.4 Å². The van der Waals surface area contributed by atoms with E-state index in [1.807, 2.05) is 37.3 Å². The summed E-state index contributed by atoms with van der Waals surface area (Å²) in [6.45, 7) is 1.91. The number of nitrogens with one attached hydrogen (secondary N) is 2. The molecule has 0 spiro atoms. The number of thioether (sulfide) groups is 1. The third-order valence-electron chi connectivity index (χ3n) is 5.06. The molecule has 0 bridgehead atoms. The Morgan fingerprint density at radius 2 is 2.10 bits per heavy atom. The van der Waals surface area contributed by atoms with Gasteiger partial charge in [-0.05, 0) is 49.4 Å². The van der Waals surface area contributed by atoms with Gasteiger partial charge in [0.2, 0.25) is 11.0 Å². The van der Waals surface area contributed by atoms with Gasteiger partial charge < -0.3 is 15.4 Å². The van der Waals surface area contributed by atoms with Crippen LogP contribution in [0.3, 0.4) is 0 Å². The maximum absolute atomic E-state index is 12.8. The smallest absolute Gasteiger partial charge is 0.233 e. The molecule has 2 unspecified atom stereocenters. The first-order chi connectivity index (χ1) is 14.6. The van der Waals surface area contributed by atoms with Crippen LogP contribution in [-0.2, 0) is 11.2 Å². The third kappa shape index (κ3) is 4.94. The summed E-state index contributed by atoms with van der Waals surface area (Å²) in [5, 5.41) is 15.3. The lowest BCUT2D eigenvalue weighted by Crippen LogP contribution is -2.35. The van der Waals surface area contributed by atoms with Crippen LogP contribution in [0.1, 0.15) is 36.9 Å². The number of rotatable bonds is 7. The van der Waals surface area contributed by atoms with E-state index in [1.165, 1.54) is 34.2 Å². The standard InChI is InChI=1S/C22H24N4O2S2/c1-14(20(27)24-19-12-5-8-15-7-3-4-11-18(15)19)29-22-26-25-21(30-22)23-16-9-6-10-17(13-16)28-2/h3-4,6-7,9-11,13-14,19H,5,8,12H2,1-2H3,(H,23,25)(H,24,27). The van der Waals surface area contributed by atoms with E-state index >= 15 is 0 Å². The molecule has 6 nitrogen and oxygen atoms in total. The highest BCUT2D eigenvalue weighted by Gasteiger charge is 2.24. The van der Waals surface area contributed by atoms with Crippen LogP contribution >= 0.6 is 23.1 Å². The zero-order valence-electron chi connectivity index (χ0n) is 16.9. The maximum atomic E-state index is 12.8. The van der Waals surface area contributed by atoms with E-state index in [0.29, 0.717) is 5.13 Å². The lowest BCUT2D eigenvalue weighted by molar-refractivity contribution is -0.121. The van der Waals surface area contributed by atoms with Crippen molar-refractivity contribution in [2.24, 2.45) is 0 Å². The summed E-state index contributed by atoms with van der Waals surface area (Å²) < 4.78 is 6.00. The lowest BCUT2D eigenvalue weighted by Gasteiger charge is -2.27. The van der Waals surface area contributed by atoms with Crippen LogP contribution in [0.2, 0.25) is 0 Å². The fourth-order valence-electron chi connectivity index (χ4n) is 3.53. The molecule has 156 valence electrons. The van der Waals surface area contributed by atoms with E-state index < -0.39 is 0 Å². The molecule has 0 saturated carbocycles. The van der Waals surface area contributed by atoms with E-state index in [0.717, 1.165) is 35.0 Å². The molecule has 2 N–H and O–H groups in total. The topological polar surface area (TPSA) is 76.1 Å². The number of aromatic nitrogens is 2. The second kappa shape index (κ2) is 9.49. The Bertz CT molecular complexity index is 1020. The summed E-state index contributed by atoms with van der Waals surface area (Å²) >= 11 is 2.86. The van der Waals surface area contributed by atoms with Crippen LogP contribution in [0, 0.1) is 0 Å². The molecule has 2 atom stereocenters. The van der Waals surface area contributed by atoms with Crippen molar-refractivity contribution in [1.82, 2.24) is 15.5 Å². The first-order valence-electron chi connectivity index (χ1n) is 9.92. The van der Waals surface area contributed by atoms with Gasteiger partial charge in [-0.15, -0.1) is 10.2 Å². The number of hydrogen-bond donors (Lipinski definition) is 2. The number of nitrogens with zero attached hydrogens (tertiary/aromatic N) is 2. The van der Waals surface area contributed by atoms with Gasteiger partial charge in [-0.3, -0.25) is 4.79 Å². The molecule has 3 aromatic rings. The van der Waals surface area contributed by atoms with Crippen LogP contribution in [0.25, 0.3) is 0 Å². The molecule has 1 aliphatic rings. The maximum Gasteiger partial charge on any atom is 0.233 e. The molecule has 1 aliphatic carbocycles. The zero-order chi connectivity index (χ0) is 20.9. The number of hydrogen-bond acceptors (Lipinski definition) is 7. The monoisotopic (exact) mass is 440 g/mol. The van der Waals surface area contributed by atoms with Crippen molar-refractivity contribution in [3.8, 4) is 5.75 Å². The number of carbonyl (C=O) groups is 1. The van der Waals surface area contributed by atoms with Crippen LogP contribution in [0.5, 0.6) is 5.75 Å². The molecule has 8 heteroatoms. The molecular formula is C22H24N4O2S2. The van der Waals surface area contributed by atoms with Gasteiger partial charge in [0.1, 0.15) is 5.75 Å². The van der Waals surface area contributed by atoms with E-state index in [1.54, 1.807) is 7.11 Å². The summed E-state index contributed by atoms with van der Waals surface area (Å²) in [6.07, 6.45) is 3.16. The number of carbonyl (C=O) groups excluding carboxylic acids is 1. The number of fused-ring (bicyclic) bond motifs is 1. The largest absolute Gasteiger partial charge is 0.497 e. The Hall–Kier alpha value is -2.58. The fourth-order valence-corrected chi connectivity index (χ4v) is 5.46. The van der Waals surface area contributed by atoms with E-state index in [2.05, 4.69) is 39.0 Å². The second-order valence-electron chi connectivity index (χ2n) is 7.14. The van der Waals surface area contributed by atoms with Crippen LogP contribution < -0.4 is 15.4 Å². The van der Waals surface area contributed by atoms with Crippen molar-refractivity contribution in [2.75, 3.05) is 12.4 Å². The first kappa shape index (κ1) is 20.7. The molecule has 0 fully saturated rings. The molecule has 0 saturated heterocycles. The SMILES string of the molecule is COc1cccc(Nc2nnc(SC(C)C(=O)NC3CCCc4ccccc43)s2)c1. The van der Waals surface area contributed by atoms with Gasteiger partial charge in [0.25, 0.3) is 0 Å². The highest BCUT2D eigenvalue weighted by atomic mass is 32.2. The first-order valence-corrected chi connectivity index (χ1v) is 11.6. The molecule has 0 radical (unpaired) electrons. The minimum Gasteiger partial charge on any atom is -0.497 e. The molecule has 0 aliphatic heterocycles. The quantitative estimate of drug-likeness (QED) is 0.506. The number of benzene rings is 2. The van der Waals surface area contributed by atoms with Crippen molar-refractivity contribution >= 4 is 39.8 Å². The van der Waals surface area contributed by atoms with Crippen molar-refractivity contribution in [1.29, 1.82) is 0 Å². The predicted octanol–water partition coefficient (Wildman–Crippen LogP) is 4.96. The van der Waals surface area contributed by atoms with Gasteiger partial charge in [0, 0.05) is 11.8 Å². The van der Waals surface area contributed by atoms with Gasteiger partial charge in [-0.25, -0.2) is 0 Å². The van der Waals surface area contributed by atoms with Crippen molar-refractivity contribution in [2.45, 2.75) is 41.8 Å². The summed E-state index contributed by atoms with van der Waals surface area (Å²) in [4.78, 5) is 12.8. The normalized spacial score (nSPS) is 16.4. The predicted molar refractivity (Wildman–Crippen MR) is 122 cm³/mol. The molecule has 30 heavy (non-hydrogen) atoms. The third-order valence-corrected chi connectivity index (χ3v) is 7.08. The van der Waals surface area contributed by atoms with Crippen molar-refractivity contribution < 1.29 is 9.53 Å². The highest BCUT2D eigenvalue weighted by molar-refractivity contribution is 8.02. The Kier molecular flexibility index (Phi) is 6.54. The van der Waals surface area contributed by atoms with Gasteiger partial charge >= 0.3 is 0 Å². The number of aryl methyl sites for hydroxylation is 1. The molecule has 1 heterocycles. The van der Waals surface area contributed by atoms with E-state index in [4.69, 9.17) is 4.74 Å². The number of anilines is 2. The van der Waals surface area contributed by atoms with Gasteiger partial charge in [-0.2, -0.15) is 0 Å². The molecule has 4 rings (SSSR count). The Morgan fingerprint density at radius 3 is 2.97 bits per heavy atom. The second-order valence-corrected chi connectivity index (χ2v) is 9.71. The summed E-state index contributed by atoms with van der Waals surface area (Å²) in [5.74, 6) is 0.799. The molecule has 1 amide bonds. The van der Waals surface area contributed by atoms with Crippen LogP contribution in [-0.4, -0.2) is 28.5 Å². The average Bonchev–Trinajstić information content (AvgIpc) is 3.20. The highest BCUT2D eigenvalue weighted by Crippen LogP contribution is 2.33. The number of methoxy groups -OCH3 is 1. The molecule has 2 aromatic carbocycles. The minimum absolute atomic E-state index is 0.0270. The fraction of sp³-hybridized carbons (Fsp3) is 0.318. The van der Waals surface area contributed by atoms with E-state index in [9.17, 15) is 4.79 Å². The Morgan fingerprint density at radius 1 is 1.23 bits per heavy atom. The number of ether oxygens (including phenoxy) is 1. The Labute approximate surface area is 184 Å². The van der Waals surface area contributed by atoms with Gasteiger partial charge in [0.15, 0.2) is 4.34 Å². The minimum atomic E-state index is -0.253. The zero-order valence-corrected chi connectivity index (χ0v) is 18.6. The summed E-state index contributed by atoms with van der Waals surface area (Å²) in [7, 11) is 1.64. The van der Waals surface area contributed by atoms with Crippen molar-refractivity contribution in [3.63, 3.8) is 0 Å². The van der Waals surface area contributed by atoms with E-state index in [-0.39, 0.29) is 17.2 Å².